The SMILES string of the molecule is C#CNC(CCC(=O)O)C(=O)NC1C(=O)N2C(C(=O)O)=C(COC(C)=O)CSC12. The van der Waals surface area contributed by atoms with Crippen LogP contribution in [0.1, 0.15) is 19.8 Å². The van der Waals surface area contributed by atoms with Gasteiger partial charge < -0.3 is 25.6 Å². The van der Waals surface area contributed by atoms with Crippen molar-refractivity contribution in [3.63, 3.8) is 0 Å². The van der Waals surface area contributed by atoms with Gasteiger partial charge in [0.15, 0.2) is 0 Å². The van der Waals surface area contributed by atoms with Crippen LogP contribution in [-0.2, 0) is 28.7 Å². The summed E-state index contributed by atoms with van der Waals surface area (Å²) in [5.41, 5.74) is 0.00934. The first-order chi connectivity index (χ1) is 13.7. The van der Waals surface area contributed by atoms with Gasteiger partial charge in [-0.25, -0.2) is 4.79 Å². The summed E-state index contributed by atoms with van der Waals surface area (Å²) in [5.74, 6) is -4.13. The van der Waals surface area contributed by atoms with E-state index in [9.17, 15) is 29.1 Å². The molecule has 11 nitrogen and oxygen atoms in total. The zero-order valence-electron chi connectivity index (χ0n) is 15.3. The second-order valence-corrected chi connectivity index (χ2v) is 7.31. The molecule has 0 aliphatic carbocycles. The van der Waals surface area contributed by atoms with Crippen molar-refractivity contribution < 1.29 is 38.9 Å². The van der Waals surface area contributed by atoms with Gasteiger partial charge in [0.05, 0.1) is 0 Å². The van der Waals surface area contributed by atoms with Crippen molar-refractivity contribution >= 4 is 41.5 Å². The molecule has 2 rings (SSSR count). The fourth-order valence-corrected chi connectivity index (χ4v) is 4.20. The summed E-state index contributed by atoms with van der Waals surface area (Å²) < 4.78 is 4.84. The van der Waals surface area contributed by atoms with Gasteiger partial charge in [0.25, 0.3) is 5.91 Å². The number of carbonyl (C=O) groups excluding carboxylic acids is 3. The molecule has 0 saturated carbocycles. The van der Waals surface area contributed by atoms with Crippen LogP contribution in [0.4, 0.5) is 0 Å². The summed E-state index contributed by atoms with van der Waals surface area (Å²) >= 11 is 1.21. The molecule has 3 unspecified atom stereocenters. The monoisotopic (exact) mass is 425 g/mol. The Bertz CT molecular complexity index is 818. The lowest BCUT2D eigenvalue weighted by Crippen LogP contribution is -2.71. The van der Waals surface area contributed by atoms with Crippen molar-refractivity contribution in [1.82, 2.24) is 15.5 Å². The third-order valence-corrected chi connectivity index (χ3v) is 5.56. The van der Waals surface area contributed by atoms with Crippen LogP contribution in [0.2, 0.25) is 0 Å². The van der Waals surface area contributed by atoms with Gasteiger partial charge in [-0.3, -0.25) is 24.1 Å². The number of terminal acetylenes is 1. The summed E-state index contributed by atoms with van der Waals surface area (Å²) in [6.07, 6.45) is 4.74. The first-order valence-corrected chi connectivity index (χ1v) is 9.48. The Morgan fingerprint density at radius 2 is 2.07 bits per heavy atom. The fourth-order valence-electron chi connectivity index (χ4n) is 2.87. The van der Waals surface area contributed by atoms with Crippen LogP contribution < -0.4 is 10.6 Å². The average Bonchev–Trinajstić information content (AvgIpc) is 2.66. The topological polar surface area (TPSA) is 162 Å². The smallest absolute Gasteiger partial charge is 0.352 e. The molecule has 1 fully saturated rings. The lowest BCUT2D eigenvalue weighted by molar-refractivity contribution is -0.151. The minimum Gasteiger partial charge on any atom is -0.481 e. The molecule has 29 heavy (non-hydrogen) atoms. The van der Waals surface area contributed by atoms with Crippen LogP contribution in [0.25, 0.3) is 0 Å². The highest BCUT2D eigenvalue weighted by Crippen LogP contribution is 2.40. The van der Waals surface area contributed by atoms with Crippen molar-refractivity contribution in [2.45, 2.75) is 37.2 Å². The van der Waals surface area contributed by atoms with E-state index in [4.69, 9.17) is 16.3 Å². The molecule has 156 valence electrons. The third-order valence-electron chi connectivity index (χ3n) is 4.22. The number of aliphatic carboxylic acids is 2. The molecule has 2 amide bonds. The lowest BCUT2D eigenvalue weighted by Gasteiger charge is -2.49. The minimum atomic E-state index is -1.34. The van der Waals surface area contributed by atoms with Crippen LogP contribution >= 0.6 is 11.8 Å². The zero-order chi connectivity index (χ0) is 21.7. The molecule has 0 spiro atoms. The molecule has 0 bridgehead atoms. The third kappa shape index (κ3) is 5.00. The predicted molar refractivity (Wildman–Crippen MR) is 98.9 cm³/mol. The quantitative estimate of drug-likeness (QED) is 0.151. The van der Waals surface area contributed by atoms with Gasteiger partial charge >= 0.3 is 17.9 Å². The van der Waals surface area contributed by atoms with Gasteiger partial charge in [0, 0.05) is 30.7 Å². The standard InChI is InChI=1S/C17H19N3O8S/c1-3-18-10(4-5-11(22)23)14(24)19-12-15(25)20-13(17(26)27)9(6-28-8(2)21)7-29-16(12)20/h1,10,12,16,18H,4-7H2,2H3,(H,19,24)(H,22,23)(H,26,27). The molecular formula is C17H19N3O8S. The molecule has 0 aromatic carbocycles. The number of thioether (sulfide) groups is 1. The first-order valence-electron chi connectivity index (χ1n) is 8.44. The summed E-state index contributed by atoms with van der Waals surface area (Å²) in [6.45, 7) is 0.936. The van der Waals surface area contributed by atoms with E-state index in [0.29, 0.717) is 0 Å². The summed E-state index contributed by atoms with van der Waals surface area (Å²) in [4.78, 5) is 59.3. The number of hydrogen-bond acceptors (Lipinski definition) is 8. The summed E-state index contributed by atoms with van der Waals surface area (Å²) in [6, 6.07) is 0.0735. The van der Waals surface area contributed by atoms with Crippen molar-refractivity contribution in [3.8, 4) is 12.5 Å². The number of esters is 1. The largest absolute Gasteiger partial charge is 0.481 e. The fraction of sp³-hybridized carbons (Fsp3) is 0.471. The number of carboxylic acids is 2. The predicted octanol–water partition coefficient (Wildman–Crippen LogP) is -1.30. The molecule has 2 aliphatic rings. The van der Waals surface area contributed by atoms with Crippen LogP contribution in [0, 0.1) is 12.5 Å². The van der Waals surface area contributed by atoms with Crippen molar-refractivity contribution in [2.75, 3.05) is 12.4 Å². The highest BCUT2D eigenvalue weighted by atomic mass is 32.2. The highest BCUT2D eigenvalue weighted by Gasteiger charge is 2.54. The molecule has 3 atom stereocenters. The van der Waals surface area contributed by atoms with Gasteiger partial charge in [0.1, 0.15) is 29.8 Å². The van der Waals surface area contributed by atoms with Gasteiger partial charge in [-0.1, -0.05) is 6.42 Å². The Balaban J connectivity index is 2.10. The maximum absolute atomic E-state index is 12.5. The van der Waals surface area contributed by atoms with Gasteiger partial charge in [0.2, 0.25) is 5.91 Å². The maximum atomic E-state index is 12.5. The normalized spacial score (nSPS) is 21.2. The number of nitrogens with one attached hydrogen (secondary N) is 2. The molecule has 2 heterocycles. The zero-order valence-corrected chi connectivity index (χ0v) is 16.2. The van der Waals surface area contributed by atoms with Gasteiger partial charge in [-0.05, 0) is 6.42 Å². The second-order valence-electron chi connectivity index (χ2n) is 6.21. The van der Waals surface area contributed by atoms with E-state index in [-0.39, 0.29) is 36.5 Å². The molecule has 2 aliphatic heterocycles. The van der Waals surface area contributed by atoms with Crippen molar-refractivity contribution in [3.05, 3.63) is 11.3 Å². The van der Waals surface area contributed by atoms with E-state index in [1.807, 2.05) is 0 Å². The number of hydrogen-bond donors (Lipinski definition) is 4. The molecule has 0 radical (unpaired) electrons. The number of β-lactam (4-membered cyclic amide) rings is 1. The Labute approximate surface area is 169 Å². The highest BCUT2D eigenvalue weighted by molar-refractivity contribution is 8.00. The number of carbonyl (C=O) groups is 5. The lowest BCUT2D eigenvalue weighted by atomic mass is 10.0. The Kier molecular flexibility index (Phi) is 7.11. The Hall–Kier alpha value is -3.20. The average molecular weight is 425 g/mol. The molecule has 0 aromatic heterocycles. The van der Waals surface area contributed by atoms with Crippen LogP contribution in [0.5, 0.6) is 0 Å². The van der Waals surface area contributed by atoms with Crippen LogP contribution in [0.3, 0.4) is 0 Å². The van der Waals surface area contributed by atoms with Crippen molar-refractivity contribution in [1.29, 1.82) is 0 Å². The van der Waals surface area contributed by atoms with Gasteiger partial charge in [-0.15, -0.1) is 11.8 Å². The molecule has 12 heteroatoms. The van der Waals surface area contributed by atoms with Crippen molar-refractivity contribution in [2.24, 2.45) is 0 Å². The number of ether oxygens (including phenoxy) is 1. The number of amides is 2. The summed E-state index contributed by atoms with van der Waals surface area (Å²) in [5, 5.41) is 22.5. The molecular weight excluding hydrogens is 406 g/mol. The number of nitrogens with zero attached hydrogens (tertiary/aromatic N) is 1. The van der Waals surface area contributed by atoms with Crippen LogP contribution in [0.15, 0.2) is 11.3 Å². The minimum absolute atomic E-state index is 0.0827. The van der Waals surface area contributed by atoms with E-state index >= 15 is 0 Å². The number of rotatable bonds is 9. The van der Waals surface area contributed by atoms with Gasteiger partial charge in [-0.2, -0.15) is 0 Å². The second kappa shape index (κ2) is 9.33. The molecule has 1 saturated heterocycles. The van der Waals surface area contributed by atoms with E-state index in [2.05, 4.69) is 16.7 Å². The Morgan fingerprint density at radius 3 is 2.62 bits per heavy atom. The van der Waals surface area contributed by atoms with E-state index in [1.54, 1.807) is 0 Å². The number of fused-ring (bicyclic) bond motifs is 1. The van der Waals surface area contributed by atoms with Crippen LogP contribution in [-0.4, -0.2) is 74.7 Å². The maximum Gasteiger partial charge on any atom is 0.352 e. The number of carboxylic acid groups (broad SMARTS) is 2. The molecule has 0 aromatic rings. The van der Waals surface area contributed by atoms with E-state index < -0.39 is 47.2 Å². The molecule has 4 N–H and O–H groups in total. The first kappa shape index (κ1) is 22.1. The van der Waals surface area contributed by atoms with E-state index in [1.165, 1.54) is 18.7 Å². The summed E-state index contributed by atoms with van der Waals surface area (Å²) in [7, 11) is 0. The Morgan fingerprint density at radius 1 is 1.38 bits per heavy atom. The van der Waals surface area contributed by atoms with E-state index in [0.717, 1.165) is 4.90 Å².